The van der Waals surface area contributed by atoms with E-state index in [9.17, 15) is 19.2 Å². The van der Waals surface area contributed by atoms with Crippen LogP contribution in [0.3, 0.4) is 0 Å². The zero-order chi connectivity index (χ0) is 21.4. The minimum atomic E-state index is -0.425. The van der Waals surface area contributed by atoms with Crippen molar-refractivity contribution in [2.75, 3.05) is 10.2 Å². The first-order valence-electron chi connectivity index (χ1n) is 9.91. The van der Waals surface area contributed by atoms with Gasteiger partial charge in [0.05, 0.1) is 23.1 Å². The molecule has 1 fully saturated rings. The summed E-state index contributed by atoms with van der Waals surface area (Å²) in [4.78, 5) is 51.6. The van der Waals surface area contributed by atoms with Crippen molar-refractivity contribution in [3.8, 4) is 0 Å². The number of benzene rings is 2. The summed E-state index contributed by atoms with van der Waals surface area (Å²) in [6.07, 6.45) is 3.14. The highest BCUT2D eigenvalue weighted by molar-refractivity contribution is 6.25. The molecule has 1 heterocycles. The van der Waals surface area contributed by atoms with Crippen LogP contribution >= 0.6 is 0 Å². The van der Waals surface area contributed by atoms with Crippen LogP contribution in [0.15, 0.2) is 60.2 Å². The third-order valence-corrected chi connectivity index (χ3v) is 5.76. The van der Waals surface area contributed by atoms with E-state index in [4.69, 9.17) is 0 Å². The predicted octanol–water partition coefficient (Wildman–Crippen LogP) is 3.99. The third kappa shape index (κ3) is 3.45. The van der Waals surface area contributed by atoms with Gasteiger partial charge in [0, 0.05) is 11.3 Å². The average Bonchev–Trinajstić information content (AvgIpc) is 2.98. The van der Waals surface area contributed by atoms with Crippen LogP contribution in [0.4, 0.5) is 11.4 Å². The van der Waals surface area contributed by atoms with Crippen molar-refractivity contribution in [1.82, 2.24) is 0 Å². The minimum Gasteiger partial charge on any atom is -0.322 e. The maximum absolute atomic E-state index is 13.0. The number of allylic oxidation sites excluding steroid dienone is 2. The lowest BCUT2D eigenvalue weighted by molar-refractivity contribution is -0.122. The largest absolute Gasteiger partial charge is 0.322 e. The Bertz CT molecular complexity index is 1080. The number of fused-ring (bicyclic) bond motifs is 1. The molecular weight excluding hydrogens is 380 g/mol. The van der Waals surface area contributed by atoms with Gasteiger partial charge in [0.1, 0.15) is 0 Å². The van der Waals surface area contributed by atoms with Crippen LogP contribution in [0.5, 0.6) is 0 Å². The molecule has 2 aliphatic rings. The number of ketones is 1. The summed E-state index contributed by atoms with van der Waals surface area (Å²) in [6, 6.07) is 13.2. The predicted molar refractivity (Wildman–Crippen MR) is 113 cm³/mol. The first-order valence-corrected chi connectivity index (χ1v) is 9.91. The van der Waals surface area contributed by atoms with E-state index in [1.165, 1.54) is 11.8 Å². The Balaban J connectivity index is 1.61. The summed E-state index contributed by atoms with van der Waals surface area (Å²) in [6.45, 7) is 3.44. The van der Waals surface area contributed by atoms with Crippen LogP contribution in [0.1, 0.15) is 47.4 Å². The number of imide groups is 1. The van der Waals surface area contributed by atoms with Crippen LogP contribution < -0.4 is 10.2 Å². The van der Waals surface area contributed by atoms with Gasteiger partial charge in [-0.1, -0.05) is 23.8 Å². The molecule has 6 heteroatoms. The highest BCUT2D eigenvalue weighted by Gasteiger charge is 2.49. The molecule has 0 aromatic heterocycles. The van der Waals surface area contributed by atoms with E-state index >= 15 is 0 Å². The number of rotatable bonds is 4. The summed E-state index contributed by atoms with van der Waals surface area (Å²) < 4.78 is 0. The lowest BCUT2D eigenvalue weighted by Gasteiger charge is -2.19. The number of amides is 3. The van der Waals surface area contributed by atoms with E-state index < -0.39 is 5.91 Å². The maximum atomic E-state index is 13.0. The van der Waals surface area contributed by atoms with Crippen molar-refractivity contribution < 1.29 is 19.2 Å². The van der Waals surface area contributed by atoms with Gasteiger partial charge < -0.3 is 5.32 Å². The number of para-hydroxylation sites is 1. The van der Waals surface area contributed by atoms with Crippen molar-refractivity contribution in [3.63, 3.8) is 0 Å². The van der Waals surface area contributed by atoms with Crippen LogP contribution in [-0.4, -0.2) is 23.5 Å². The molecule has 6 nitrogen and oxygen atoms in total. The fourth-order valence-electron chi connectivity index (χ4n) is 4.12. The summed E-state index contributed by atoms with van der Waals surface area (Å²) in [5, 5.41) is 2.78. The maximum Gasteiger partial charge on any atom is 0.257 e. The Morgan fingerprint density at radius 3 is 2.33 bits per heavy atom. The number of carbonyl (C=O) groups excluding carboxylic acids is 4. The van der Waals surface area contributed by atoms with Crippen LogP contribution in [0.25, 0.3) is 0 Å². The monoisotopic (exact) mass is 402 g/mol. The molecule has 1 aliphatic heterocycles. The number of nitrogens with zero attached hydrogens (tertiary/aromatic N) is 1. The van der Waals surface area contributed by atoms with Gasteiger partial charge in [-0.25, -0.2) is 4.90 Å². The first kappa shape index (κ1) is 19.8. The van der Waals surface area contributed by atoms with Crippen LogP contribution in [-0.2, 0) is 9.59 Å². The van der Waals surface area contributed by atoms with Gasteiger partial charge in [0.25, 0.3) is 5.91 Å². The SMILES string of the molecule is CC(=O)c1ccc(NC(=O)c2ccccc2N2C(=O)[C@@H]3CC=C(C)C[C@H]3C2=O)cc1. The number of anilines is 2. The lowest BCUT2D eigenvalue weighted by Crippen LogP contribution is -2.33. The van der Waals surface area contributed by atoms with Crippen molar-refractivity contribution in [1.29, 1.82) is 0 Å². The number of Topliss-reactive ketones (excluding diaryl/α,β-unsaturated/α-hetero) is 1. The summed E-state index contributed by atoms with van der Waals surface area (Å²) >= 11 is 0. The molecule has 0 spiro atoms. The quantitative estimate of drug-likeness (QED) is 0.476. The molecule has 2 aromatic rings. The van der Waals surface area contributed by atoms with Gasteiger partial charge in [0.15, 0.2) is 5.78 Å². The Kier molecular flexibility index (Phi) is 5.08. The fourth-order valence-corrected chi connectivity index (χ4v) is 4.12. The van der Waals surface area contributed by atoms with E-state index in [0.29, 0.717) is 29.8 Å². The molecule has 3 amide bonds. The minimum absolute atomic E-state index is 0.0597. The number of carbonyl (C=O) groups is 4. The van der Waals surface area contributed by atoms with Crippen molar-refractivity contribution in [3.05, 3.63) is 71.3 Å². The van der Waals surface area contributed by atoms with Gasteiger partial charge in [-0.05, 0) is 63.1 Å². The molecule has 4 rings (SSSR count). The van der Waals surface area contributed by atoms with E-state index in [-0.39, 0.29) is 35.0 Å². The molecule has 1 N–H and O–H groups in total. The van der Waals surface area contributed by atoms with E-state index in [0.717, 1.165) is 5.57 Å². The Morgan fingerprint density at radius 1 is 0.967 bits per heavy atom. The Morgan fingerprint density at radius 2 is 1.63 bits per heavy atom. The Labute approximate surface area is 174 Å². The molecule has 0 bridgehead atoms. The van der Waals surface area contributed by atoms with E-state index in [1.54, 1.807) is 48.5 Å². The lowest BCUT2D eigenvalue weighted by atomic mass is 9.82. The fraction of sp³-hybridized carbons (Fsp3) is 0.250. The third-order valence-electron chi connectivity index (χ3n) is 5.76. The topological polar surface area (TPSA) is 83.6 Å². The van der Waals surface area contributed by atoms with Gasteiger partial charge >= 0.3 is 0 Å². The molecule has 1 aliphatic carbocycles. The highest BCUT2D eigenvalue weighted by Crippen LogP contribution is 2.40. The normalized spacial score (nSPS) is 20.6. The van der Waals surface area contributed by atoms with Gasteiger partial charge in [-0.15, -0.1) is 0 Å². The van der Waals surface area contributed by atoms with Crippen LogP contribution in [0.2, 0.25) is 0 Å². The highest BCUT2D eigenvalue weighted by atomic mass is 16.2. The molecule has 0 saturated carbocycles. The second-order valence-electron chi connectivity index (χ2n) is 7.82. The molecule has 0 unspecified atom stereocenters. The van der Waals surface area contributed by atoms with Crippen molar-refractivity contribution >= 4 is 34.9 Å². The van der Waals surface area contributed by atoms with Gasteiger partial charge in [0.2, 0.25) is 11.8 Å². The second kappa shape index (κ2) is 7.71. The molecule has 0 radical (unpaired) electrons. The van der Waals surface area contributed by atoms with E-state index in [2.05, 4.69) is 5.32 Å². The first-order chi connectivity index (χ1) is 14.4. The van der Waals surface area contributed by atoms with Gasteiger partial charge in [-0.3, -0.25) is 19.2 Å². The number of hydrogen-bond donors (Lipinski definition) is 1. The molecule has 2 aromatic carbocycles. The molecule has 2 atom stereocenters. The molecular formula is C24H22N2O4. The molecule has 30 heavy (non-hydrogen) atoms. The molecule has 152 valence electrons. The van der Waals surface area contributed by atoms with E-state index in [1.807, 2.05) is 13.0 Å². The summed E-state index contributed by atoms with van der Waals surface area (Å²) in [5.74, 6) is -1.71. The molecule has 1 saturated heterocycles. The summed E-state index contributed by atoms with van der Waals surface area (Å²) in [7, 11) is 0. The number of nitrogens with one attached hydrogen (secondary N) is 1. The second-order valence-corrected chi connectivity index (χ2v) is 7.82. The Hall–Kier alpha value is -3.54. The van der Waals surface area contributed by atoms with Crippen molar-refractivity contribution in [2.45, 2.75) is 26.7 Å². The van der Waals surface area contributed by atoms with Crippen molar-refractivity contribution in [2.24, 2.45) is 11.8 Å². The zero-order valence-corrected chi connectivity index (χ0v) is 16.8. The summed E-state index contributed by atoms with van der Waals surface area (Å²) in [5.41, 5.74) is 2.73. The standard InChI is InChI=1S/C24H22N2O4/c1-14-7-12-18-20(13-14)24(30)26(23(18)29)21-6-4-3-5-19(21)22(28)25-17-10-8-16(9-11-17)15(2)27/h3-11,18,20H,12-13H2,1-2H3,(H,25,28)/t18-,20-/m1/s1. The zero-order valence-electron chi connectivity index (χ0n) is 16.8. The van der Waals surface area contributed by atoms with Gasteiger partial charge in [-0.2, -0.15) is 0 Å². The number of hydrogen-bond acceptors (Lipinski definition) is 4. The average molecular weight is 402 g/mol. The van der Waals surface area contributed by atoms with Crippen LogP contribution in [0, 0.1) is 11.8 Å². The smallest absolute Gasteiger partial charge is 0.257 e.